The third-order valence-electron chi connectivity index (χ3n) is 3.14. The average Bonchev–Trinajstić information content (AvgIpc) is 2.28. The van der Waals surface area contributed by atoms with Gasteiger partial charge >= 0.3 is 5.97 Å². The van der Waals surface area contributed by atoms with E-state index in [1.165, 1.54) is 5.56 Å². The fourth-order valence-corrected chi connectivity index (χ4v) is 2.25. The average molecular weight is 248 g/mol. The highest BCUT2D eigenvalue weighted by atomic mass is 16.4. The first-order valence-electron chi connectivity index (χ1n) is 6.86. The summed E-state index contributed by atoms with van der Waals surface area (Å²) in [6, 6.07) is 8.07. The second kappa shape index (κ2) is 7.20. The highest BCUT2D eigenvalue weighted by molar-refractivity contribution is 5.76. The molecule has 1 unspecified atom stereocenters. The van der Waals surface area contributed by atoms with Crippen molar-refractivity contribution < 1.29 is 9.90 Å². The highest BCUT2D eigenvalue weighted by Gasteiger charge is 2.19. The third-order valence-corrected chi connectivity index (χ3v) is 3.14. The Bertz CT molecular complexity index is 382. The molecule has 100 valence electrons. The fraction of sp³-hybridized carbons (Fsp3) is 0.562. The predicted octanol–water partition coefficient (Wildman–Crippen LogP) is 4.24. The van der Waals surface area contributed by atoms with E-state index < -0.39 is 5.97 Å². The van der Waals surface area contributed by atoms with Gasteiger partial charge in [0.2, 0.25) is 0 Å². The van der Waals surface area contributed by atoms with E-state index in [2.05, 4.69) is 32.9 Å². The zero-order valence-electron chi connectivity index (χ0n) is 11.6. The van der Waals surface area contributed by atoms with Gasteiger partial charge < -0.3 is 5.11 Å². The Labute approximate surface area is 110 Å². The summed E-state index contributed by atoms with van der Waals surface area (Å²) in [6.07, 6.45) is 3.74. The van der Waals surface area contributed by atoms with E-state index in [0.29, 0.717) is 5.92 Å². The smallest absolute Gasteiger partial charge is 0.310 e. The van der Waals surface area contributed by atoms with E-state index in [4.69, 9.17) is 0 Å². The molecule has 1 N–H and O–H groups in total. The largest absolute Gasteiger partial charge is 0.481 e. The molecule has 0 aliphatic heterocycles. The SMILES string of the molecule is CCCCC(C(=O)O)c1cccc(CC(C)C)c1. The van der Waals surface area contributed by atoms with E-state index in [-0.39, 0.29) is 5.92 Å². The van der Waals surface area contributed by atoms with Crippen molar-refractivity contribution in [3.63, 3.8) is 0 Å². The van der Waals surface area contributed by atoms with Gasteiger partial charge in [-0.25, -0.2) is 0 Å². The van der Waals surface area contributed by atoms with Crippen molar-refractivity contribution in [2.24, 2.45) is 5.92 Å². The highest BCUT2D eigenvalue weighted by Crippen LogP contribution is 2.24. The quantitative estimate of drug-likeness (QED) is 0.783. The summed E-state index contributed by atoms with van der Waals surface area (Å²) in [4.78, 5) is 11.3. The van der Waals surface area contributed by atoms with E-state index in [1.807, 2.05) is 12.1 Å². The zero-order valence-corrected chi connectivity index (χ0v) is 11.6. The number of unbranched alkanes of at least 4 members (excludes halogenated alkanes) is 1. The van der Waals surface area contributed by atoms with Crippen LogP contribution in [0.2, 0.25) is 0 Å². The van der Waals surface area contributed by atoms with Crippen LogP contribution in [0.4, 0.5) is 0 Å². The van der Waals surface area contributed by atoms with Crippen LogP contribution in [0.5, 0.6) is 0 Å². The van der Waals surface area contributed by atoms with Crippen LogP contribution in [0.1, 0.15) is 57.1 Å². The molecule has 0 amide bonds. The Morgan fingerprint density at radius 3 is 2.61 bits per heavy atom. The summed E-state index contributed by atoms with van der Waals surface area (Å²) < 4.78 is 0. The Kier molecular flexibility index (Phi) is 5.90. The molecule has 0 radical (unpaired) electrons. The second-order valence-electron chi connectivity index (χ2n) is 5.38. The lowest BCUT2D eigenvalue weighted by molar-refractivity contribution is -0.139. The molecule has 0 aromatic heterocycles. The van der Waals surface area contributed by atoms with Crippen molar-refractivity contribution in [2.45, 2.75) is 52.4 Å². The Morgan fingerprint density at radius 2 is 2.06 bits per heavy atom. The Morgan fingerprint density at radius 1 is 1.33 bits per heavy atom. The number of hydrogen-bond donors (Lipinski definition) is 1. The molecule has 0 heterocycles. The number of carboxylic acid groups (broad SMARTS) is 1. The summed E-state index contributed by atoms with van der Waals surface area (Å²) in [7, 11) is 0. The number of benzene rings is 1. The van der Waals surface area contributed by atoms with Crippen LogP contribution < -0.4 is 0 Å². The molecule has 18 heavy (non-hydrogen) atoms. The molecular weight excluding hydrogens is 224 g/mol. The molecule has 1 rings (SSSR count). The maximum absolute atomic E-state index is 11.3. The Hall–Kier alpha value is -1.31. The number of carboxylic acids is 1. The molecule has 1 atom stereocenters. The van der Waals surface area contributed by atoms with Crippen molar-refractivity contribution in [3.8, 4) is 0 Å². The van der Waals surface area contributed by atoms with Gasteiger partial charge in [-0.15, -0.1) is 0 Å². The van der Waals surface area contributed by atoms with Gasteiger partial charge in [-0.05, 0) is 29.9 Å². The second-order valence-corrected chi connectivity index (χ2v) is 5.38. The maximum atomic E-state index is 11.3. The summed E-state index contributed by atoms with van der Waals surface area (Å²) in [5.74, 6) is -0.457. The van der Waals surface area contributed by atoms with Gasteiger partial charge in [0.05, 0.1) is 5.92 Å². The third kappa shape index (κ3) is 4.52. The van der Waals surface area contributed by atoms with Crippen LogP contribution in [0.3, 0.4) is 0 Å². The molecule has 2 nitrogen and oxygen atoms in total. The van der Waals surface area contributed by atoms with E-state index in [1.54, 1.807) is 0 Å². The molecule has 0 spiro atoms. The van der Waals surface area contributed by atoms with Crippen LogP contribution in [0.15, 0.2) is 24.3 Å². The first-order valence-corrected chi connectivity index (χ1v) is 6.86. The number of carbonyl (C=O) groups is 1. The Balaban J connectivity index is 2.87. The molecule has 2 heteroatoms. The van der Waals surface area contributed by atoms with Crippen LogP contribution in [0, 0.1) is 5.92 Å². The van der Waals surface area contributed by atoms with Crippen LogP contribution >= 0.6 is 0 Å². The summed E-state index contributed by atoms with van der Waals surface area (Å²) >= 11 is 0. The lowest BCUT2D eigenvalue weighted by Gasteiger charge is -2.14. The normalized spacial score (nSPS) is 12.7. The van der Waals surface area contributed by atoms with Gasteiger partial charge in [-0.3, -0.25) is 4.79 Å². The van der Waals surface area contributed by atoms with Crippen molar-refractivity contribution in [1.29, 1.82) is 0 Å². The first-order chi connectivity index (χ1) is 8.54. The fourth-order valence-electron chi connectivity index (χ4n) is 2.25. The van der Waals surface area contributed by atoms with Gasteiger partial charge in [0.15, 0.2) is 0 Å². The van der Waals surface area contributed by atoms with Crippen LogP contribution in [0.25, 0.3) is 0 Å². The minimum absolute atomic E-state index is 0.350. The van der Waals surface area contributed by atoms with Gasteiger partial charge in [0.25, 0.3) is 0 Å². The lowest BCUT2D eigenvalue weighted by atomic mass is 9.91. The monoisotopic (exact) mass is 248 g/mol. The standard InChI is InChI=1S/C16H24O2/c1-4-5-9-15(16(17)18)14-8-6-7-13(11-14)10-12(2)3/h6-8,11-12,15H,4-5,9-10H2,1-3H3,(H,17,18). The van der Waals surface area contributed by atoms with Crippen LogP contribution in [-0.4, -0.2) is 11.1 Å². The van der Waals surface area contributed by atoms with Crippen molar-refractivity contribution >= 4 is 5.97 Å². The number of aliphatic carboxylic acids is 1. The van der Waals surface area contributed by atoms with Crippen molar-refractivity contribution in [1.82, 2.24) is 0 Å². The molecule has 0 saturated carbocycles. The topological polar surface area (TPSA) is 37.3 Å². The molecule has 1 aromatic rings. The van der Waals surface area contributed by atoms with Gasteiger partial charge in [0, 0.05) is 0 Å². The maximum Gasteiger partial charge on any atom is 0.310 e. The zero-order chi connectivity index (χ0) is 13.5. The molecule has 0 fully saturated rings. The minimum Gasteiger partial charge on any atom is -0.481 e. The van der Waals surface area contributed by atoms with Crippen molar-refractivity contribution in [3.05, 3.63) is 35.4 Å². The van der Waals surface area contributed by atoms with Crippen molar-refractivity contribution in [2.75, 3.05) is 0 Å². The summed E-state index contributed by atoms with van der Waals surface area (Å²) in [5, 5.41) is 9.33. The molecular formula is C16H24O2. The van der Waals surface area contributed by atoms with E-state index >= 15 is 0 Å². The molecule has 0 saturated heterocycles. The molecule has 0 bridgehead atoms. The molecule has 1 aromatic carbocycles. The molecule has 0 aliphatic rings. The summed E-state index contributed by atoms with van der Waals surface area (Å²) in [6.45, 7) is 6.45. The van der Waals surface area contributed by atoms with E-state index in [9.17, 15) is 9.90 Å². The lowest BCUT2D eigenvalue weighted by Crippen LogP contribution is -2.12. The molecule has 0 aliphatic carbocycles. The number of hydrogen-bond acceptors (Lipinski definition) is 1. The van der Waals surface area contributed by atoms with E-state index in [0.717, 1.165) is 31.2 Å². The van der Waals surface area contributed by atoms with Crippen LogP contribution in [-0.2, 0) is 11.2 Å². The van der Waals surface area contributed by atoms with Gasteiger partial charge in [-0.1, -0.05) is 57.9 Å². The minimum atomic E-state index is -0.704. The van der Waals surface area contributed by atoms with Gasteiger partial charge in [0.1, 0.15) is 0 Å². The number of rotatable bonds is 7. The predicted molar refractivity (Wildman–Crippen MR) is 74.9 cm³/mol. The summed E-state index contributed by atoms with van der Waals surface area (Å²) in [5.41, 5.74) is 2.19. The van der Waals surface area contributed by atoms with Gasteiger partial charge in [-0.2, -0.15) is 0 Å². The first kappa shape index (κ1) is 14.7.